The highest BCUT2D eigenvalue weighted by Gasteiger charge is 2.09. The molecule has 0 unspecified atom stereocenters. The van der Waals surface area contributed by atoms with Crippen LogP contribution in [0.3, 0.4) is 0 Å². The summed E-state index contributed by atoms with van der Waals surface area (Å²) in [7, 11) is 3.57. The minimum Gasteiger partial charge on any atom is -0.326 e. The number of carbonyl (C=O) groups excluding carboxylic acids is 1. The lowest BCUT2D eigenvalue weighted by molar-refractivity contribution is -0.116. The molecule has 0 radical (unpaired) electrons. The highest BCUT2D eigenvalue weighted by Crippen LogP contribution is 2.28. The van der Waals surface area contributed by atoms with Gasteiger partial charge in [-0.05, 0) is 52.1 Å². The Morgan fingerprint density at radius 1 is 1.28 bits per heavy atom. The first-order valence-electron chi connectivity index (χ1n) is 10.3. The molecule has 0 bridgehead atoms. The lowest BCUT2D eigenvalue weighted by atomic mass is 10.3. The van der Waals surface area contributed by atoms with E-state index >= 15 is 0 Å². The first kappa shape index (κ1) is 26.0. The summed E-state index contributed by atoms with van der Waals surface area (Å²) < 4.78 is 1.88. The van der Waals surface area contributed by atoms with Gasteiger partial charge in [0.05, 0.1) is 5.45 Å². The zero-order valence-electron chi connectivity index (χ0n) is 19.1. The number of hydrogen-bond donors (Lipinski definition) is 4. The molecule has 0 spiro atoms. The monoisotopic (exact) mass is 522 g/mol. The van der Waals surface area contributed by atoms with Crippen molar-refractivity contribution in [2.24, 2.45) is 9.98 Å². The molecule has 0 saturated carbocycles. The normalized spacial score (nSPS) is 12.3. The fourth-order valence-corrected chi connectivity index (χ4v) is 3.82. The lowest BCUT2D eigenvalue weighted by Gasteiger charge is -2.13. The van der Waals surface area contributed by atoms with Gasteiger partial charge in [0.2, 0.25) is 11.9 Å². The van der Waals surface area contributed by atoms with Gasteiger partial charge < -0.3 is 16.1 Å². The smallest absolute Gasteiger partial charge is 0.234 e. The summed E-state index contributed by atoms with van der Waals surface area (Å²) in [6, 6.07) is 9.88. The molecule has 2 aromatic rings. The molecule has 1 aromatic carbocycles. The van der Waals surface area contributed by atoms with Gasteiger partial charge in [-0.1, -0.05) is 27.7 Å². The molecule has 1 aromatic heterocycles. The van der Waals surface area contributed by atoms with Gasteiger partial charge in [0, 0.05) is 42.7 Å². The van der Waals surface area contributed by atoms with Gasteiger partial charge in [-0.2, -0.15) is 4.99 Å². The quantitative estimate of drug-likeness (QED) is 0.125. The molecule has 0 aliphatic heterocycles. The number of benzene rings is 1. The molecule has 0 aliphatic rings. The third-order valence-electron chi connectivity index (χ3n) is 4.10. The second-order valence-corrected chi connectivity index (χ2v) is 8.77. The van der Waals surface area contributed by atoms with E-state index in [1.165, 1.54) is 11.8 Å². The summed E-state index contributed by atoms with van der Waals surface area (Å²) in [6.07, 6.45) is 0.433. The van der Waals surface area contributed by atoms with Crippen molar-refractivity contribution in [1.29, 1.82) is 0 Å². The van der Waals surface area contributed by atoms with Crippen LogP contribution in [0, 0.1) is 0 Å². The number of aliphatic imine (C=N–C) groups is 1. The number of amidine groups is 1. The number of carbonyl (C=O) groups is 1. The van der Waals surface area contributed by atoms with Crippen molar-refractivity contribution in [1.82, 2.24) is 25.7 Å². The number of nitrogens with one attached hydrogen (secondary N) is 4. The third-order valence-corrected chi connectivity index (χ3v) is 5.53. The van der Waals surface area contributed by atoms with Crippen molar-refractivity contribution in [2.45, 2.75) is 48.6 Å². The summed E-state index contributed by atoms with van der Waals surface area (Å²) >= 11 is 5.01. The van der Waals surface area contributed by atoms with E-state index in [4.69, 9.17) is 4.98 Å². The van der Waals surface area contributed by atoms with Crippen LogP contribution in [-0.4, -0.2) is 48.0 Å². The second-order valence-electron chi connectivity index (χ2n) is 7.17. The van der Waals surface area contributed by atoms with Crippen LogP contribution in [0.1, 0.15) is 27.2 Å². The number of hydrogen-bond acceptors (Lipinski definition) is 7. The Bertz CT molecular complexity index is 988. The minimum atomic E-state index is -0.0172. The molecule has 11 heteroatoms. The molecule has 174 valence electrons. The highest BCUT2D eigenvalue weighted by atomic mass is 79.9. The Kier molecular flexibility index (Phi) is 10.9. The van der Waals surface area contributed by atoms with Crippen LogP contribution in [0.25, 0.3) is 0 Å². The first-order valence-corrected chi connectivity index (χ1v) is 12.2. The number of hydrazine groups is 1. The average Bonchev–Trinajstić information content (AvgIpc) is 2.77. The Morgan fingerprint density at radius 2 is 2.00 bits per heavy atom. The van der Waals surface area contributed by atoms with Crippen LogP contribution in [0.5, 0.6) is 0 Å². The number of amides is 1. The van der Waals surface area contributed by atoms with Crippen molar-refractivity contribution in [3.63, 3.8) is 0 Å². The van der Waals surface area contributed by atoms with E-state index < -0.39 is 0 Å². The summed E-state index contributed by atoms with van der Waals surface area (Å²) in [5, 5.41) is 6.63. The van der Waals surface area contributed by atoms with Gasteiger partial charge in [-0.15, -0.1) is 0 Å². The van der Waals surface area contributed by atoms with Crippen molar-refractivity contribution < 1.29 is 4.79 Å². The molecule has 0 aliphatic carbocycles. The number of aromatic nitrogens is 2. The number of rotatable bonds is 10. The number of halogens is 1. The molecule has 4 N–H and O–H groups in total. The molecule has 0 saturated heterocycles. The molecular formula is C21H31BrN8OS. The largest absolute Gasteiger partial charge is 0.326 e. The Balaban J connectivity index is 2.22. The second kappa shape index (κ2) is 13.4. The molecular weight excluding hydrogens is 492 g/mol. The van der Waals surface area contributed by atoms with E-state index in [0.29, 0.717) is 30.2 Å². The number of alkyl halides is 1. The van der Waals surface area contributed by atoms with Gasteiger partial charge in [0.1, 0.15) is 16.3 Å². The van der Waals surface area contributed by atoms with E-state index in [1.807, 2.05) is 62.7 Å². The van der Waals surface area contributed by atoms with Crippen LogP contribution in [0.2, 0.25) is 0 Å². The van der Waals surface area contributed by atoms with Crippen molar-refractivity contribution in [3.8, 4) is 0 Å². The Morgan fingerprint density at radius 3 is 2.59 bits per heavy atom. The maximum Gasteiger partial charge on any atom is 0.234 e. The molecule has 1 amide bonds. The average molecular weight is 524 g/mol. The van der Waals surface area contributed by atoms with Gasteiger partial charge >= 0.3 is 0 Å². The van der Waals surface area contributed by atoms with Crippen molar-refractivity contribution in [2.75, 3.05) is 26.0 Å². The first-order chi connectivity index (χ1) is 15.4. The fraction of sp³-hybridized carbons (Fsp3) is 0.429. The zero-order valence-corrected chi connectivity index (χ0v) is 21.5. The zero-order chi connectivity index (χ0) is 23.5. The highest BCUT2D eigenvalue weighted by molar-refractivity contribution is 9.08. The lowest BCUT2D eigenvalue weighted by Crippen LogP contribution is -2.40. The Hall–Kier alpha value is -2.21. The summed E-state index contributed by atoms with van der Waals surface area (Å²) in [5.41, 5.74) is 8.25. The van der Waals surface area contributed by atoms with Gasteiger partial charge in [-0.3, -0.25) is 14.4 Å². The van der Waals surface area contributed by atoms with E-state index in [2.05, 4.69) is 47.4 Å². The maximum absolute atomic E-state index is 11.9. The number of anilines is 1. The molecule has 9 nitrogen and oxygen atoms in total. The van der Waals surface area contributed by atoms with Crippen LogP contribution in [0.4, 0.5) is 11.6 Å². The van der Waals surface area contributed by atoms with Gasteiger partial charge in [0.25, 0.3) is 0 Å². The van der Waals surface area contributed by atoms with Crippen molar-refractivity contribution in [3.05, 3.63) is 35.8 Å². The standard InChI is InChI=1S/C21H31BrN8OS/c1-14(2)28-29-15(3)25-21-27-20(12-18(24-5)30(21)13-22)32-17-8-6-16(7-9-17)26-19(31)10-11-23-4/h6-9,12,14,23,28H,10-11,13H2,1-5H3,(H,26,31)(H,25,27,29). The van der Waals surface area contributed by atoms with E-state index in [-0.39, 0.29) is 11.9 Å². The summed E-state index contributed by atoms with van der Waals surface area (Å²) in [5.74, 6) is 1.22. The van der Waals surface area contributed by atoms with E-state index in [0.717, 1.165) is 21.1 Å². The molecule has 32 heavy (non-hydrogen) atoms. The third kappa shape index (κ3) is 8.38. The topological polar surface area (TPSA) is 108 Å². The van der Waals surface area contributed by atoms with Crippen LogP contribution in [-0.2, 0) is 10.2 Å². The van der Waals surface area contributed by atoms with Crippen LogP contribution in [0.15, 0.2) is 50.2 Å². The Labute approximate surface area is 201 Å². The summed E-state index contributed by atoms with van der Waals surface area (Å²) in [4.78, 5) is 26.6. The van der Waals surface area contributed by atoms with Gasteiger partial charge in [-0.25, -0.2) is 10.4 Å². The fourth-order valence-electron chi connectivity index (χ4n) is 2.54. The predicted molar refractivity (Wildman–Crippen MR) is 135 cm³/mol. The van der Waals surface area contributed by atoms with Crippen molar-refractivity contribution >= 4 is 51.1 Å². The number of nitrogens with zero attached hydrogens (tertiary/aromatic N) is 4. The SMILES string of the molecule is CN=c1cc(Sc2ccc(NC(=O)CCNC)cc2)nc(/N=C(\C)NNC(C)C)n1CBr. The molecule has 0 atom stereocenters. The summed E-state index contributed by atoms with van der Waals surface area (Å²) in [6.45, 7) is 6.61. The maximum atomic E-state index is 11.9. The minimum absolute atomic E-state index is 0.0172. The van der Waals surface area contributed by atoms with E-state index in [1.54, 1.807) is 7.05 Å². The van der Waals surface area contributed by atoms with Gasteiger partial charge in [0.15, 0.2) is 0 Å². The van der Waals surface area contributed by atoms with Crippen LogP contribution < -0.4 is 27.0 Å². The van der Waals surface area contributed by atoms with E-state index in [9.17, 15) is 4.79 Å². The van der Waals surface area contributed by atoms with Crippen LogP contribution >= 0.6 is 27.7 Å². The molecule has 2 rings (SSSR count). The molecule has 0 fully saturated rings. The molecule has 1 heterocycles. The predicted octanol–water partition coefficient (Wildman–Crippen LogP) is 3.02.